The summed E-state index contributed by atoms with van der Waals surface area (Å²) < 4.78 is 5.19. The van der Waals surface area contributed by atoms with E-state index in [2.05, 4.69) is 6.92 Å². The van der Waals surface area contributed by atoms with Gasteiger partial charge < -0.3 is 4.74 Å². The monoisotopic (exact) mass is 214 g/mol. The number of carbonyl (C=O) groups is 1. The largest absolute Gasteiger partial charge is 0.463 e. The fourth-order valence-corrected chi connectivity index (χ4v) is 1.82. The quantitative estimate of drug-likeness (QED) is 0.654. The van der Waals surface area contributed by atoms with E-state index in [1.807, 2.05) is 27.7 Å². The van der Waals surface area contributed by atoms with E-state index in [1.54, 1.807) is 0 Å². The number of hydrogen-bond acceptors (Lipinski definition) is 2. The highest BCUT2D eigenvalue weighted by Gasteiger charge is 2.25. The third-order valence-electron chi connectivity index (χ3n) is 2.70. The van der Waals surface area contributed by atoms with Crippen LogP contribution < -0.4 is 0 Å². The first-order valence-corrected chi connectivity index (χ1v) is 6.30. The smallest absolute Gasteiger partial charge is 0.309 e. The van der Waals surface area contributed by atoms with E-state index in [9.17, 15) is 4.79 Å². The second-order valence-corrected chi connectivity index (χ2v) is 4.44. The van der Waals surface area contributed by atoms with Gasteiger partial charge in [0.1, 0.15) is 0 Å². The Kier molecular flexibility index (Phi) is 7.45. The highest BCUT2D eigenvalue weighted by molar-refractivity contribution is 5.72. The summed E-state index contributed by atoms with van der Waals surface area (Å²) in [5.41, 5.74) is 0. The Balaban J connectivity index is 0.000000921. The van der Waals surface area contributed by atoms with Crippen LogP contribution in [0.25, 0.3) is 0 Å². The standard InChI is InChI=1S/C11H20O2.C2H6/c1-8(2)13-11(12)10-6-4-9(3)5-7-10;1-2/h8-10H,4-7H2,1-3H3;1-2H3. The van der Waals surface area contributed by atoms with Gasteiger partial charge in [0, 0.05) is 0 Å². The molecule has 90 valence electrons. The van der Waals surface area contributed by atoms with Crippen LogP contribution in [0.2, 0.25) is 0 Å². The molecule has 0 saturated heterocycles. The molecule has 1 aliphatic carbocycles. The summed E-state index contributed by atoms with van der Waals surface area (Å²) in [5, 5.41) is 0. The molecule has 0 aliphatic heterocycles. The molecule has 0 aromatic carbocycles. The van der Waals surface area contributed by atoms with Gasteiger partial charge in [-0.3, -0.25) is 4.79 Å². The average Bonchev–Trinajstić information content (AvgIpc) is 2.20. The van der Waals surface area contributed by atoms with Crippen LogP contribution in [0.5, 0.6) is 0 Å². The normalized spacial score (nSPS) is 25.5. The maximum atomic E-state index is 11.5. The van der Waals surface area contributed by atoms with Gasteiger partial charge >= 0.3 is 5.97 Å². The van der Waals surface area contributed by atoms with Crippen LogP contribution >= 0.6 is 0 Å². The van der Waals surface area contributed by atoms with Crippen molar-refractivity contribution >= 4 is 5.97 Å². The zero-order valence-electron chi connectivity index (χ0n) is 10.9. The molecule has 2 nitrogen and oxygen atoms in total. The molecule has 0 radical (unpaired) electrons. The van der Waals surface area contributed by atoms with Gasteiger partial charge in [0.05, 0.1) is 12.0 Å². The zero-order chi connectivity index (χ0) is 11.8. The Morgan fingerprint density at radius 2 is 1.60 bits per heavy atom. The van der Waals surface area contributed by atoms with Gasteiger partial charge in [0.2, 0.25) is 0 Å². The minimum absolute atomic E-state index is 0.0156. The molecule has 15 heavy (non-hydrogen) atoms. The highest BCUT2D eigenvalue weighted by Crippen LogP contribution is 2.29. The summed E-state index contributed by atoms with van der Waals surface area (Å²) >= 11 is 0. The molecular weight excluding hydrogens is 188 g/mol. The van der Waals surface area contributed by atoms with E-state index < -0.39 is 0 Å². The summed E-state index contributed by atoms with van der Waals surface area (Å²) in [7, 11) is 0. The van der Waals surface area contributed by atoms with Gasteiger partial charge in [-0.15, -0.1) is 0 Å². The molecule has 0 aromatic rings. The lowest BCUT2D eigenvalue weighted by Gasteiger charge is -2.25. The van der Waals surface area contributed by atoms with E-state index >= 15 is 0 Å². The summed E-state index contributed by atoms with van der Waals surface area (Å²) in [6.07, 6.45) is 4.43. The lowest BCUT2D eigenvalue weighted by molar-refractivity contribution is -0.153. The minimum Gasteiger partial charge on any atom is -0.463 e. The van der Waals surface area contributed by atoms with E-state index in [-0.39, 0.29) is 18.0 Å². The van der Waals surface area contributed by atoms with E-state index in [1.165, 1.54) is 12.8 Å². The summed E-state index contributed by atoms with van der Waals surface area (Å²) in [6, 6.07) is 0. The van der Waals surface area contributed by atoms with Gasteiger partial charge in [0.25, 0.3) is 0 Å². The van der Waals surface area contributed by atoms with Crippen molar-refractivity contribution in [1.82, 2.24) is 0 Å². The first-order valence-electron chi connectivity index (χ1n) is 6.30. The maximum absolute atomic E-state index is 11.5. The van der Waals surface area contributed by atoms with Crippen molar-refractivity contribution in [2.45, 2.75) is 66.4 Å². The number of carbonyl (C=O) groups excluding carboxylic acids is 1. The van der Waals surface area contributed by atoms with Gasteiger partial charge in [-0.25, -0.2) is 0 Å². The van der Waals surface area contributed by atoms with E-state index in [0.29, 0.717) is 0 Å². The van der Waals surface area contributed by atoms with Crippen LogP contribution in [0.15, 0.2) is 0 Å². The molecule has 2 heteroatoms. The fourth-order valence-electron chi connectivity index (χ4n) is 1.82. The van der Waals surface area contributed by atoms with Crippen LogP contribution in [0.3, 0.4) is 0 Å². The molecule has 0 N–H and O–H groups in total. The first kappa shape index (κ1) is 14.5. The topological polar surface area (TPSA) is 26.3 Å². The SMILES string of the molecule is CC.CC1CCC(C(=O)OC(C)C)CC1. The Morgan fingerprint density at radius 3 is 2.00 bits per heavy atom. The molecule has 0 heterocycles. The molecule has 1 rings (SSSR count). The first-order chi connectivity index (χ1) is 7.09. The lowest BCUT2D eigenvalue weighted by atomic mass is 9.83. The third-order valence-corrected chi connectivity index (χ3v) is 2.70. The molecule has 1 saturated carbocycles. The summed E-state index contributed by atoms with van der Waals surface area (Å²) in [5.74, 6) is 0.989. The van der Waals surface area contributed by atoms with Gasteiger partial charge in [-0.05, 0) is 45.4 Å². The average molecular weight is 214 g/mol. The molecule has 0 aromatic heterocycles. The lowest BCUT2D eigenvalue weighted by Crippen LogP contribution is -2.25. The van der Waals surface area contributed by atoms with Crippen LogP contribution in [0.4, 0.5) is 0 Å². The second kappa shape index (κ2) is 7.72. The predicted molar refractivity (Wildman–Crippen MR) is 63.7 cm³/mol. The van der Waals surface area contributed by atoms with Crippen molar-refractivity contribution in [2.75, 3.05) is 0 Å². The van der Waals surface area contributed by atoms with Crippen LogP contribution in [0.1, 0.15) is 60.3 Å². The van der Waals surface area contributed by atoms with E-state index in [4.69, 9.17) is 4.74 Å². The van der Waals surface area contributed by atoms with Crippen molar-refractivity contribution < 1.29 is 9.53 Å². The maximum Gasteiger partial charge on any atom is 0.309 e. The molecule has 0 spiro atoms. The molecule has 0 atom stereocenters. The number of rotatable bonds is 2. The Labute approximate surface area is 94.4 Å². The number of esters is 1. The Morgan fingerprint density at radius 1 is 1.13 bits per heavy atom. The fraction of sp³-hybridized carbons (Fsp3) is 0.923. The summed E-state index contributed by atoms with van der Waals surface area (Å²) in [4.78, 5) is 11.5. The minimum atomic E-state index is 0.0156. The zero-order valence-corrected chi connectivity index (χ0v) is 10.9. The van der Waals surface area contributed by atoms with Crippen molar-refractivity contribution in [2.24, 2.45) is 11.8 Å². The van der Waals surface area contributed by atoms with Crippen molar-refractivity contribution in [3.63, 3.8) is 0 Å². The molecular formula is C13H26O2. The molecule has 1 aliphatic rings. The van der Waals surface area contributed by atoms with Gasteiger partial charge in [-0.1, -0.05) is 20.8 Å². The van der Waals surface area contributed by atoms with Crippen LogP contribution in [-0.2, 0) is 9.53 Å². The van der Waals surface area contributed by atoms with E-state index in [0.717, 1.165) is 18.8 Å². The molecule has 1 fully saturated rings. The Bertz CT molecular complexity index is 167. The second-order valence-electron chi connectivity index (χ2n) is 4.44. The van der Waals surface area contributed by atoms with Crippen LogP contribution in [-0.4, -0.2) is 12.1 Å². The van der Waals surface area contributed by atoms with Crippen molar-refractivity contribution in [1.29, 1.82) is 0 Å². The van der Waals surface area contributed by atoms with Gasteiger partial charge in [0.15, 0.2) is 0 Å². The molecule has 0 unspecified atom stereocenters. The number of hydrogen-bond donors (Lipinski definition) is 0. The van der Waals surface area contributed by atoms with Crippen molar-refractivity contribution in [3.05, 3.63) is 0 Å². The van der Waals surface area contributed by atoms with Crippen molar-refractivity contribution in [3.8, 4) is 0 Å². The van der Waals surface area contributed by atoms with Crippen LogP contribution in [0, 0.1) is 11.8 Å². The molecule has 0 bridgehead atoms. The predicted octanol–water partition coefficient (Wildman–Crippen LogP) is 3.79. The third kappa shape index (κ3) is 5.81. The number of ether oxygens (including phenoxy) is 1. The highest BCUT2D eigenvalue weighted by atomic mass is 16.5. The molecule has 0 amide bonds. The summed E-state index contributed by atoms with van der Waals surface area (Å²) in [6.45, 7) is 10.1. The Hall–Kier alpha value is -0.530. The van der Waals surface area contributed by atoms with Gasteiger partial charge in [-0.2, -0.15) is 0 Å².